The van der Waals surface area contributed by atoms with Crippen LogP contribution in [0.1, 0.15) is 51.7 Å². The van der Waals surface area contributed by atoms with Gasteiger partial charge in [-0.05, 0) is 124 Å². The zero-order chi connectivity index (χ0) is 40.8. The van der Waals surface area contributed by atoms with E-state index in [1.165, 1.54) is 78.5 Å². The number of fused-ring (bicyclic) bond motifs is 12. The van der Waals surface area contributed by atoms with Crippen LogP contribution in [0.3, 0.4) is 0 Å². The third-order valence-electron chi connectivity index (χ3n) is 14.4. The minimum absolute atomic E-state index is 0.0448. The predicted octanol–water partition coefficient (Wildman–Crippen LogP) is 13.7. The van der Waals surface area contributed by atoms with Crippen LogP contribution in [0, 0.1) is 0 Å². The summed E-state index contributed by atoms with van der Waals surface area (Å²) >= 11 is 0. The Morgan fingerprint density at radius 1 is 0.541 bits per heavy atom. The van der Waals surface area contributed by atoms with Crippen molar-refractivity contribution in [2.75, 3.05) is 9.71 Å². The van der Waals surface area contributed by atoms with Gasteiger partial charge in [-0.15, -0.1) is 0 Å². The molecular weight excluding hydrogens is 741 g/mol. The molecule has 3 aliphatic rings. The Balaban J connectivity index is 1.21. The topological polar surface area (TPSA) is 24.6 Å². The van der Waals surface area contributed by atoms with E-state index in [1.54, 1.807) is 0 Å². The number of aromatic nitrogens is 1. The normalized spacial score (nSPS) is 15.6. The average molecular weight is 786 g/mol. The molecule has 10 aromatic rings. The first-order valence-electron chi connectivity index (χ1n) is 21.8. The summed E-state index contributed by atoms with van der Waals surface area (Å²) in [6.45, 7) is 9.61. The van der Waals surface area contributed by atoms with E-state index in [0.29, 0.717) is 0 Å². The number of benzene rings is 8. The van der Waals surface area contributed by atoms with Crippen molar-refractivity contribution in [3.8, 4) is 16.8 Å². The summed E-state index contributed by atoms with van der Waals surface area (Å²) in [4.78, 5) is 5.12. The number of rotatable bonds is 4. The number of hydrogen-bond acceptors (Lipinski definition) is 3. The highest BCUT2D eigenvalue weighted by Gasteiger charge is 2.46. The van der Waals surface area contributed by atoms with Crippen molar-refractivity contribution >= 4 is 90.0 Å². The van der Waals surface area contributed by atoms with Gasteiger partial charge in [0.15, 0.2) is 0 Å². The maximum atomic E-state index is 6.74. The third kappa shape index (κ3) is 4.78. The molecule has 0 amide bonds. The van der Waals surface area contributed by atoms with E-state index in [9.17, 15) is 0 Å². The van der Waals surface area contributed by atoms with E-state index in [2.05, 4.69) is 212 Å². The van der Waals surface area contributed by atoms with Crippen molar-refractivity contribution in [2.45, 2.75) is 51.4 Å². The van der Waals surface area contributed by atoms with E-state index < -0.39 is 0 Å². The van der Waals surface area contributed by atoms with E-state index >= 15 is 0 Å². The summed E-state index contributed by atoms with van der Waals surface area (Å²) in [5.74, 6) is 0. The van der Waals surface area contributed by atoms with Crippen molar-refractivity contribution in [3.05, 3.63) is 181 Å². The lowest BCUT2D eigenvalue weighted by molar-refractivity contribution is 0.332. The lowest BCUT2D eigenvalue weighted by Crippen LogP contribution is -2.60. The van der Waals surface area contributed by atoms with Crippen molar-refractivity contribution < 1.29 is 4.42 Å². The van der Waals surface area contributed by atoms with Crippen LogP contribution < -0.4 is 20.6 Å². The Bertz CT molecular complexity index is 3410. The van der Waals surface area contributed by atoms with Crippen LogP contribution in [0.25, 0.3) is 60.6 Å². The minimum Gasteiger partial charge on any atom is -0.456 e. The fourth-order valence-electron chi connectivity index (χ4n) is 11.4. The quantitative estimate of drug-likeness (QED) is 0.166. The van der Waals surface area contributed by atoms with Crippen LogP contribution in [0.4, 0.5) is 28.4 Å². The molecule has 5 heteroatoms. The smallest absolute Gasteiger partial charge is 0.333 e. The van der Waals surface area contributed by atoms with Crippen LogP contribution >= 0.6 is 0 Å². The molecular formula is C56H44BN3O. The fourth-order valence-corrected chi connectivity index (χ4v) is 11.4. The van der Waals surface area contributed by atoms with E-state index in [1.807, 2.05) is 0 Å². The maximum absolute atomic E-state index is 6.74. The number of furan rings is 1. The van der Waals surface area contributed by atoms with E-state index in [0.717, 1.165) is 45.4 Å². The molecule has 0 bridgehead atoms. The molecule has 0 spiro atoms. The second-order valence-electron chi connectivity index (χ2n) is 18.7. The van der Waals surface area contributed by atoms with E-state index in [4.69, 9.17) is 4.42 Å². The summed E-state index contributed by atoms with van der Waals surface area (Å²) < 4.78 is 9.31. The molecule has 0 N–H and O–H groups in total. The molecule has 0 unspecified atom stereocenters. The van der Waals surface area contributed by atoms with Crippen LogP contribution in [0.15, 0.2) is 174 Å². The second kappa shape index (κ2) is 12.3. The van der Waals surface area contributed by atoms with E-state index in [-0.39, 0.29) is 17.7 Å². The zero-order valence-corrected chi connectivity index (χ0v) is 34.9. The van der Waals surface area contributed by atoms with Crippen molar-refractivity contribution in [1.29, 1.82) is 0 Å². The number of nitrogens with zero attached hydrogens (tertiary/aromatic N) is 3. The van der Waals surface area contributed by atoms with Crippen molar-refractivity contribution in [3.63, 3.8) is 0 Å². The molecule has 292 valence electrons. The van der Waals surface area contributed by atoms with Gasteiger partial charge in [0, 0.05) is 55.8 Å². The van der Waals surface area contributed by atoms with Crippen LogP contribution in [-0.4, -0.2) is 11.4 Å². The largest absolute Gasteiger partial charge is 0.456 e. The Kier molecular flexibility index (Phi) is 7.03. The Labute approximate surface area is 356 Å². The fraction of sp³-hybridized carbons (Fsp3) is 0.143. The number of para-hydroxylation sites is 5. The molecule has 13 rings (SSSR count). The van der Waals surface area contributed by atoms with Crippen molar-refractivity contribution in [2.24, 2.45) is 0 Å². The van der Waals surface area contributed by atoms with Crippen LogP contribution in [0.5, 0.6) is 0 Å². The Morgan fingerprint density at radius 3 is 1.98 bits per heavy atom. The van der Waals surface area contributed by atoms with Gasteiger partial charge in [-0.2, -0.15) is 0 Å². The zero-order valence-electron chi connectivity index (χ0n) is 34.9. The van der Waals surface area contributed by atoms with Crippen LogP contribution in [0.2, 0.25) is 0 Å². The monoisotopic (exact) mass is 785 g/mol. The lowest BCUT2D eigenvalue weighted by Gasteiger charge is -2.45. The lowest BCUT2D eigenvalue weighted by atomic mass is 9.43. The predicted molar refractivity (Wildman–Crippen MR) is 257 cm³/mol. The first kappa shape index (κ1) is 34.8. The summed E-state index contributed by atoms with van der Waals surface area (Å²) in [6.07, 6.45) is 2.33. The average Bonchev–Trinajstić information content (AvgIpc) is 3.84. The van der Waals surface area contributed by atoms with Gasteiger partial charge in [-0.3, -0.25) is 0 Å². The highest BCUT2D eigenvalue weighted by Crippen LogP contribution is 2.53. The van der Waals surface area contributed by atoms with Gasteiger partial charge in [0.2, 0.25) is 0 Å². The van der Waals surface area contributed by atoms with Gasteiger partial charge in [-0.25, -0.2) is 0 Å². The molecule has 2 aromatic heterocycles. The molecule has 2 aliphatic heterocycles. The molecule has 8 aromatic carbocycles. The molecule has 0 fully saturated rings. The molecule has 0 radical (unpaired) electrons. The first-order chi connectivity index (χ1) is 29.8. The summed E-state index contributed by atoms with van der Waals surface area (Å²) in [5.41, 5.74) is 19.4. The first-order valence-corrected chi connectivity index (χ1v) is 21.8. The Hall–Kier alpha value is -6.98. The summed E-state index contributed by atoms with van der Waals surface area (Å²) in [7, 11) is 0. The molecule has 4 heterocycles. The van der Waals surface area contributed by atoms with Crippen molar-refractivity contribution in [1.82, 2.24) is 4.57 Å². The molecule has 0 atom stereocenters. The molecule has 1 aliphatic carbocycles. The number of hydrogen-bond donors (Lipinski definition) is 0. The molecule has 4 nitrogen and oxygen atoms in total. The second-order valence-corrected chi connectivity index (χ2v) is 18.7. The molecule has 0 saturated carbocycles. The van der Waals surface area contributed by atoms with Gasteiger partial charge in [0.1, 0.15) is 11.2 Å². The van der Waals surface area contributed by atoms with Gasteiger partial charge in [0.25, 0.3) is 0 Å². The Morgan fingerprint density at radius 2 is 1.21 bits per heavy atom. The third-order valence-corrected chi connectivity index (χ3v) is 14.4. The van der Waals surface area contributed by atoms with Gasteiger partial charge in [-0.1, -0.05) is 125 Å². The van der Waals surface area contributed by atoms with Crippen LogP contribution in [-0.2, 0) is 10.8 Å². The molecule has 61 heavy (non-hydrogen) atoms. The minimum atomic E-state index is -0.119. The highest BCUT2D eigenvalue weighted by atomic mass is 16.3. The standard InChI is InChI=1S/C56H44BN3O/c1-55(2)30-31-56(3,4)45-33-37(26-28-44(45)55)60-54-41(27-29-50-51(54)42-21-12-14-25-49(42)61-50)43-32-38(58(35-16-7-5-8-17-35)36-18-9-6-10-19-36)34-48-52(43)57(60)46-23-15-22-40-39-20-11-13-24-47(39)59(48)53(40)46/h5-29,32-34H,30-31H2,1-4H3. The summed E-state index contributed by atoms with van der Waals surface area (Å²) in [5, 5.41) is 4.84. The SMILES string of the molecule is CC1(C)CCC(C)(C)c2cc(N3B4c5c(cc(N(c6ccccc6)c6ccccc6)cc5-n5c6ccccc6c6cccc4c65)-c4ccc5oc6ccccc6c5c43)ccc21. The van der Waals surface area contributed by atoms with Gasteiger partial charge >= 0.3 is 6.85 Å². The molecule has 0 saturated heterocycles. The van der Waals surface area contributed by atoms with Gasteiger partial charge in [0.05, 0.1) is 16.4 Å². The maximum Gasteiger partial charge on any atom is 0.333 e. The highest BCUT2D eigenvalue weighted by molar-refractivity contribution is 6.94. The number of anilines is 5. The summed E-state index contributed by atoms with van der Waals surface area (Å²) in [6, 6.07) is 63.0. The van der Waals surface area contributed by atoms with Gasteiger partial charge < -0.3 is 18.7 Å².